The number of fused-ring (bicyclic) bond motifs is 1. The molecule has 1 aromatic heterocycles. The molecule has 0 saturated heterocycles. The minimum atomic E-state index is -0.243. The third-order valence-corrected chi connectivity index (χ3v) is 6.91. The summed E-state index contributed by atoms with van der Waals surface area (Å²) in [6, 6.07) is 8.45. The van der Waals surface area contributed by atoms with Crippen LogP contribution < -0.4 is 29.0 Å². The number of hydrogen-bond donors (Lipinski definition) is 1. The summed E-state index contributed by atoms with van der Waals surface area (Å²) in [6.07, 6.45) is 0.0871. The van der Waals surface area contributed by atoms with Crippen molar-refractivity contribution in [3.05, 3.63) is 47.0 Å². The van der Waals surface area contributed by atoms with E-state index in [9.17, 15) is 9.59 Å². The van der Waals surface area contributed by atoms with Gasteiger partial charge in [0.1, 0.15) is 0 Å². The lowest BCUT2D eigenvalue weighted by Gasteiger charge is -2.14. The number of hydrogen-bond acceptors (Lipinski definition) is 10. The first-order chi connectivity index (χ1) is 16.5. The quantitative estimate of drug-likeness (QED) is 0.325. The van der Waals surface area contributed by atoms with E-state index in [1.807, 2.05) is 5.38 Å². The molecule has 34 heavy (non-hydrogen) atoms. The Bertz CT molecular complexity index is 1190. The van der Waals surface area contributed by atoms with Crippen LogP contribution in [-0.4, -0.2) is 50.5 Å². The number of benzene rings is 2. The fourth-order valence-corrected chi connectivity index (χ4v) is 4.98. The van der Waals surface area contributed by atoms with Gasteiger partial charge in [-0.15, -0.1) is 11.3 Å². The highest BCUT2D eigenvalue weighted by Gasteiger charge is 2.18. The molecule has 0 radical (unpaired) electrons. The van der Waals surface area contributed by atoms with Crippen molar-refractivity contribution >= 4 is 40.5 Å². The molecule has 0 atom stereocenters. The predicted molar refractivity (Wildman–Crippen MR) is 128 cm³/mol. The molecule has 0 aliphatic carbocycles. The van der Waals surface area contributed by atoms with Gasteiger partial charge in [-0.05, 0) is 18.2 Å². The number of rotatable bonds is 10. The fourth-order valence-electron chi connectivity index (χ4n) is 3.24. The first-order valence-electron chi connectivity index (χ1n) is 10.1. The molecule has 178 valence electrons. The minimum Gasteiger partial charge on any atom is -0.493 e. The van der Waals surface area contributed by atoms with E-state index in [1.165, 1.54) is 44.4 Å². The lowest BCUT2D eigenvalue weighted by atomic mass is 10.1. The van der Waals surface area contributed by atoms with Crippen LogP contribution in [0.2, 0.25) is 0 Å². The lowest BCUT2D eigenvalue weighted by Crippen LogP contribution is -2.15. The monoisotopic (exact) mass is 502 g/mol. The predicted octanol–water partition coefficient (Wildman–Crippen LogP) is 4.05. The van der Waals surface area contributed by atoms with Crippen molar-refractivity contribution in [1.29, 1.82) is 0 Å². The largest absolute Gasteiger partial charge is 0.493 e. The number of ketones is 1. The number of Topliss-reactive ketones (excluding diaryl/α,β-unsaturated/α-hetero) is 1. The third-order valence-electron chi connectivity index (χ3n) is 4.84. The molecule has 3 aromatic rings. The van der Waals surface area contributed by atoms with Gasteiger partial charge in [-0.25, -0.2) is 4.98 Å². The first-order valence-corrected chi connectivity index (χ1v) is 12.0. The van der Waals surface area contributed by atoms with Crippen LogP contribution in [0.3, 0.4) is 0 Å². The maximum Gasteiger partial charge on any atom is 0.231 e. The fraction of sp³-hybridized carbons (Fsp3) is 0.261. The number of carbonyl (C=O) groups excluding carboxylic acids is 2. The van der Waals surface area contributed by atoms with Crippen LogP contribution in [0.4, 0.5) is 5.69 Å². The van der Waals surface area contributed by atoms with Crippen molar-refractivity contribution in [2.45, 2.75) is 10.8 Å². The number of nitrogens with one attached hydrogen (secondary N) is 1. The van der Waals surface area contributed by atoms with E-state index in [-0.39, 0.29) is 30.7 Å². The Balaban J connectivity index is 1.33. The molecule has 0 unspecified atom stereocenters. The van der Waals surface area contributed by atoms with E-state index >= 15 is 0 Å². The number of ether oxygens (including phenoxy) is 5. The zero-order chi connectivity index (χ0) is 24.1. The summed E-state index contributed by atoms with van der Waals surface area (Å²) in [6.45, 7) is 0.163. The standard InChI is InChI=1S/C23H22N2O7S2/c1-28-19-7-14(8-20(29-2)22(19)30-3)24-21(27)9-15-10-33-23(25-15)34-11-16(26)13-4-5-17-18(6-13)32-12-31-17/h4-8,10H,9,11-12H2,1-3H3,(H,24,27). The maximum absolute atomic E-state index is 12.5. The highest BCUT2D eigenvalue weighted by Crippen LogP contribution is 2.40. The summed E-state index contributed by atoms with van der Waals surface area (Å²) in [5.41, 5.74) is 1.69. The number of nitrogens with zero attached hydrogens (tertiary/aromatic N) is 1. The van der Waals surface area contributed by atoms with Crippen LogP contribution >= 0.6 is 23.1 Å². The molecule has 0 fully saturated rings. The first kappa shape index (κ1) is 23.7. The van der Waals surface area contributed by atoms with Gasteiger partial charge in [0.15, 0.2) is 33.1 Å². The van der Waals surface area contributed by atoms with Crippen molar-refractivity contribution in [2.24, 2.45) is 0 Å². The Morgan fingerprint density at radius 1 is 1.06 bits per heavy atom. The number of anilines is 1. The molecule has 2 heterocycles. The van der Waals surface area contributed by atoms with Crippen LogP contribution in [0.5, 0.6) is 28.7 Å². The van der Waals surface area contributed by atoms with Crippen LogP contribution in [0, 0.1) is 0 Å². The average Bonchev–Trinajstić information content (AvgIpc) is 3.50. The van der Waals surface area contributed by atoms with Gasteiger partial charge in [0, 0.05) is 28.8 Å². The average molecular weight is 503 g/mol. The molecule has 1 aliphatic heterocycles. The number of thioether (sulfide) groups is 1. The van der Waals surface area contributed by atoms with E-state index in [0.29, 0.717) is 50.0 Å². The topological polar surface area (TPSA) is 105 Å². The molecule has 9 nitrogen and oxygen atoms in total. The summed E-state index contributed by atoms with van der Waals surface area (Å²) in [7, 11) is 4.53. The number of amides is 1. The smallest absolute Gasteiger partial charge is 0.231 e. The highest BCUT2D eigenvalue weighted by molar-refractivity contribution is 8.01. The molecule has 0 bridgehead atoms. The second kappa shape index (κ2) is 10.7. The van der Waals surface area contributed by atoms with Gasteiger partial charge in [0.05, 0.1) is 39.2 Å². The molecule has 1 aliphatic rings. The van der Waals surface area contributed by atoms with Crippen molar-refractivity contribution in [3.63, 3.8) is 0 Å². The summed E-state index contributed by atoms with van der Waals surface area (Å²) in [4.78, 5) is 29.5. The number of methoxy groups -OCH3 is 3. The number of thiazole rings is 1. The minimum absolute atomic E-state index is 0.0415. The Hall–Kier alpha value is -3.44. The zero-order valence-corrected chi connectivity index (χ0v) is 20.3. The van der Waals surface area contributed by atoms with E-state index in [4.69, 9.17) is 23.7 Å². The van der Waals surface area contributed by atoms with Gasteiger partial charge in [0.25, 0.3) is 0 Å². The van der Waals surface area contributed by atoms with E-state index < -0.39 is 0 Å². The normalized spacial score (nSPS) is 11.7. The molecular weight excluding hydrogens is 480 g/mol. The summed E-state index contributed by atoms with van der Waals surface area (Å²) in [5.74, 6) is 2.48. The van der Waals surface area contributed by atoms with Gasteiger partial charge in [0.2, 0.25) is 18.4 Å². The molecule has 1 N–H and O–H groups in total. The third kappa shape index (κ3) is 5.37. The molecule has 1 amide bonds. The second-order valence-corrected chi connectivity index (χ2v) is 9.10. The zero-order valence-electron chi connectivity index (χ0n) is 18.7. The maximum atomic E-state index is 12.5. The van der Waals surface area contributed by atoms with E-state index in [0.717, 1.165) is 0 Å². The van der Waals surface area contributed by atoms with Gasteiger partial charge >= 0.3 is 0 Å². The Kier molecular flexibility index (Phi) is 7.43. The van der Waals surface area contributed by atoms with Gasteiger partial charge < -0.3 is 29.0 Å². The molecule has 11 heteroatoms. The Morgan fingerprint density at radius 2 is 1.79 bits per heavy atom. The van der Waals surface area contributed by atoms with Gasteiger partial charge in [-0.2, -0.15) is 0 Å². The molecule has 0 spiro atoms. The molecule has 4 rings (SSSR count). The molecular formula is C23H22N2O7S2. The highest BCUT2D eigenvalue weighted by atomic mass is 32.2. The van der Waals surface area contributed by atoms with Crippen LogP contribution in [0.25, 0.3) is 0 Å². The van der Waals surface area contributed by atoms with Crippen molar-refractivity contribution < 1.29 is 33.3 Å². The molecule has 2 aromatic carbocycles. The van der Waals surface area contributed by atoms with Gasteiger partial charge in [-0.1, -0.05) is 11.8 Å². The van der Waals surface area contributed by atoms with Crippen molar-refractivity contribution in [3.8, 4) is 28.7 Å². The number of carbonyl (C=O) groups is 2. The van der Waals surface area contributed by atoms with E-state index in [1.54, 1.807) is 30.3 Å². The van der Waals surface area contributed by atoms with E-state index in [2.05, 4.69) is 10.3 Å². The van der Waals surface area contributed by atoms with Crippen LogP contribution in [-0.2, 0) is 11.2 Å². The van der Waals surface area contributed by atoms with Gasteiger partial charge in [-0.3, -0.25) is 9.59 Å². The summed E-state index contributed by atoms with van der Waals surface area (Å²) < 4.78 is 27.2. The van der Waals surface area contributed by atoms with Crippen molar-refractivity contribution in [1.82, 2.24) is 4.98 Å². The van der Waals surface area contributed by atoms with Crippen LogP contribution in [0.1, 0.15) is 16.1 Å². The lowest BCUT2D eigenvalue weighted by molar-refractivity contribution is -0.115. The van der Waals surface area contributed by atoms with Crippen LogP contribution in [0.15, 0.2) is 40.1 Å². The Labute approximate surface area is 204 Å². The Morgan fingerprint density at radius 3 is 2.50 bits per heavy atom. The second-order valence-electron chi connectivity index (χ2n) is 7.02. The van der Waals surface area contributed by atoms with Crippen molar-refractivity contribution in [2.75, 3.05) is 39.2 Å². The molecule has 0 saturated carbocycles. The summed E-state index contributed by atoms with van der Waals surface area (Å²) >= 11 is 2.72. The summed E-state index contributed by atoms with van der Waals surface area (Å²) in [5, 5.41) is 4.63. The number of aromatic nitrogens is 1. The SMILES string of the molecule is COc1cc(NC(=O)Cc2csc(SCC(=O)c3ccc4c(c3)OCO4)n2)cc(OC)c1OC.